The van der Waals surface area contributed by atoms with Gasteiger partial charge in [-0.25, -0.2) is 8.42 Å². The number of sulfonamides is 1. The highest BCUT2D eigenvalue weighted by Crippen LogP contribution is 2.29. The molecular weight excluding hydrogens is 316 g/mol. The van der Waals surface area contributed by atoms with E-state index in [1.54, 1.807) is 13.0 Å². The molecule has 1 aromatic carbocycles. The van der Waals surface area contributed by atoms with Crippen LogP contribution in [0.5, 0.6) is 0 Å². The lowest BCUT2D eigenvalue weighted by Gasteiger charge is -2.18. The first kappa shape index (κ1) is 15.3. The van der Waals surface area contributed by atoms with Crippen molar-refractivity contribution in [2.24, 2.45) is 0 Å². The third-order valence-corrected chi connectivity index (χ3v) is 5.99. The molecule has 0 aliphatic heterocycles. The molecule has 0 bridgehead atoms. The van der Waals surface area contributed by atoms with Crippen LogP contribution in [0.25, 0.3) is 0 Å². The smallest absolute Gasteiger partial charge is 0.244 e. The molecule has 2 aromatic rings. The average molecular weight is 331 g/mol. The summed E-state index contributed by atoms with van der Waals surface area (Å²) >= 11 is 7.58. The van der Waals surface area contributed by atoms with Crippen LogP contribution in [0.2, 0.25) is 5.02 Å². The average Bonchev–Trinajstić information content (AvgIpc) is 2.86. The summed E-state index contributed by atoms with van der Waals surface area (Å²) in [5, 5.41) is 4.01. The summed E-state index contributed by atoms with van der Waals surface area (Å²) in [6.45, 7) is 2.09. The lowest BCUT2D eigenvalue weighted by atomic mass is 10.2. The lowest BCUT2D eigenvalue weighted by molar-refractivity contribution is 0.467. The van der Waals surface area contributed by atoms with E-state index in [0.29, 0.717) is 12.2 Å². The topological polar surface area (TPSA) is 63.4 Å². The van der Waals surface area contributed by atoms with E-state index in [9.17, 15) is 8.42 Å². The van der Waals surface area contributed by atoms with Crippen LogP contribution in [0.4, 0.5) is 5.69 Å². The van der Waals surface area contributed by atoms with Crippen LogP contribution in [0.1, 0.15) is 11.1 Å². The Morgan fingerprint density at radius 1 is 1.40 bits per heavy atom. The van der Waals surface area contributed by atoms with Gasteiger partial charge in [-0.15, -0.1) is 0 Å². The Kier molecular flexibility index (Phi) is 4.39. The van der Waals surface area contributed by atoms with Gasteiger partial charge in [0.2, 0.25) is 10.0 Å². The highest BCUT2D eigenvalue weighted by Gasteiger charge is 2.24. The van der Waals surface area contributed by atoms with Gasteiger partial charge in [0.25, 0.3) is 0 Å². The standard InChI is InChI=1S/C13H15ClN2O2S2/c1-9-5-11(14)13(6-12(9)15)20(17,18)16(2)7-10-3-4-19-8-10/h3-6,8H,7,15H2,1-2H3. The van der Waals surface area contributed by atoms with E-state index in [4.69, 9.17) is 17.3 Å². The van der Waals surface area contributed by atoms with Crippen molar-refractivity contribution >= 4 is 38.6 Å². The van der Waals surface area contributed by atoms with Crippen molar-refractivity contribution in [3.63, 3.8) is 0 Å². The molecule has 108 valence electrons. The predicted molar refractivity (Wildman–Crippen MR) is 83.6 cm³/mol. The quantitative estimate of drug-likeness (QED) is 0.876. The van der Waals surface area contributed by atoms with Crippen LogP contribution in [0.15, 0.2) is 33.9 Å². The molecule has 2 rings (SSSR count). The molecule has 0 unspecified atom stereocenters. The van der Waals surface area contributed by atoms with E-state index in [-0.39, 0.29) is 9.92 Å². The Morgan fingerprint density at radius 2 is 2.10 bits per heavy atom. The largest absolute Gasteiger partial charge is 0.398 e. The summed E-state index contributed by atoms with van der Waals surface area (Å²) in [6, 6.07) is 4.88. The molecule has 0 fully saturated rings. The molecule has 1 heterocycles. The van der Waals surface area contributed by atoms with Crippen LogP contribution in [-0.4, -0.2) is 19.8 Å². The molecule has 7 heteroatoms. The molecule has 0 aliphatic carbocycles. The molecular formula is C13H15ClN2O2S2. The van der Waals surface area contributed by atoms with Crippen LogP contribution >= 0.6 is 22.9 Å². The Morgan fingerprint density at radius 3 is 2.70 bits per heavy atom. The Bertz CT molecular complexity index is 712. The van der Waals surface area contributed by atoms with Gasteiger partial charge in [-0.2, -0.15) is 15.6 Å². The van der Waals surface area contributed by atoms with E-state index >= 15 is 0 Å². The normalized spacial score (nSPS) is 12.0. The Hall–Kier alpha value is -1.08. The second-order valence-electron chi connectivity index (χ2n) is 4.53. The maximum Gasteiger partial charge on any atom is 0.244 e. The number of thiophene rings is 1. The van der Waals surface area contributed by atoms with E-state index in [1.807, 2.05) is 16.8 Å². The number of anilines is 1. The van der Waals surface area contributed by atoms with E-state index < -0.39 is 10.0 Å². The number of halogens is 1. The molecule has 0 radical (unpaired) electrons. The van der Waals surface area contributed by atoms with Gasteiger partial charge in [0, 0.05) is 19.3 Å². The SMILES string of the molecule is Cc1cc(Cl)c(S(=O)(=O)N(C)Cc2ccsc2)cc1N. The Labute approximate surface area is 127 Å². The molecule has 0 aliphatic rings. The number of hydrogen-bond acceptors (Lipinski definition) is 4. The monoisotopic (exact) mass is 330 g/mol. The van der Waals surface area contributed by atoms with Gasteiger partial charge in [-0.3, -0.25) is 0 Å². The number of nitrogens with zero attached hydrogens (tertiary/aromatic N) is 1. The van der Waals surface area contributed by atoms with Crippen molar-refractivity contribution in [2.75, 3.05) is 12.8 Å². The summed E-state index contributed by atoms with van der Waals surface area (Å²) in [4.78, 5) is 0.0417. The molecule has 1 aromatic heterocycles. The first-order valence-electron chi connectivity index (χ1n) is 5.85. The number of benzene rings is 1. The number of aryl methyl sites for hydroxylation is 1. The van der Waals surface area contributed by atoms with Crippen molar-refractivity contribution in [1.29, 1.82) is 0 Å². The van der Waals surface area contributed by atoms with Crippen LogP contribution in [0.3, 0.4) is 0 Å². The van der Waals surface area contributed by atoms with Gasteiger partial charge >= 0.3 is 0 Å². The fraction of sp³-hybridized carbons (Fsp3) is 0.231. The van der Waals surface area contributed by atoms with Crippen molar-refractivity contribution in [1.82, 2.24) is 4.31 Å². The van der Waals surface area contributed by atoms with Crippen molar-refractivity contribution in [3.8, 4) is 0 Å². The van der Waals surface area contributed by atoms with Crippen molar-refractivity contribution in [3.05, 3.63) is 45.1 Å². The van der Waals surface area contributed by atoms with Crippen LogP contribution in [0, 0.1) is 6.92 Å². The van der Waals surface area contributed by atoms with Crippen LogP contribution < -0.4 is 5.73 Å². The van der Waals surface area contributed by atoms with Crippen molar-refractivity contribution < 1.29 is 8.42 Å². The zero-order chi connectivity index (χ0) is 14.9. The molecule has 0 amide bonds. The van der Waals surface area contributed by atoms with Gasteiger partial charge in [-0.1, -0.05) is 11.6 Å². The molecule has 20 heavy (non-hydrogen) atoms. The minimum Gasteiger partial charge on any atom is -0.398 e. The second-order valence-corrected chi connectivity index (χ2v) is 7.73. The second kappa shape index (κ2) is 5.73. The first-order chi connectivity index (χ1) is 9.32. The minimum atomic E-state index is -3.66. The molecule has 4 nitrogen and oxygen atoms in total. The third-order valence-electron chi connectivity index (χ3n) is 2.99. The molecule has 0 atom stereocenters. The summed E-state index contributed by atoms with van der Waals surface area (Å²) in [7, 11) is -2.13. The van der Waals surface area contributed by atoms with Crippen molar-refractivity contribution in [2.45, 2.75) is 18.4 Å². The zero-order valence-electron chi connectivity index (χ0n) is 11.1. The van der Waals surface area contributed by atoms with Gasteiger partial charge in [0.1, 0.15) is 4.90 Å². The molecule has 0 saturated carbocycles. The summed E-state index contributed by atoms with van der Waals surface area (Å²) in [5.41, 5.74) is 7.90. The lowest BCUT2D eigenvalue weighted by Crippen LogP contribution is -2.26. The van der Waals surface area contributed by atoms with E-state index in [2.05, 4.69) is 0 Å². The van der Waals surface area contributed by atoms with Gasteiger partial charge in [-0.05, 0) is 47.0 Å². The predicted octanol–water partition coefficient (Wildman–Crippen LogP) is 3.11. The van der Waals surface area contributed by atoms with Gasteiger partial charge in [0.05, 0.1) is 5.02 Å². The highest BCUT2D eigenvalue weighted by atomic mass is 35.5. The van der Waals surface area contributed by atoms with Crippen LogP contribution in [-0.2, 0) is 16.6 Å². The van der Waals surface area contributed by atoms with Gasteiger partial charge < -0.3 is 5.73 Å². The fourth-order valence-corrected chi connectivity index (χ4v) is 4.17. The Balaban J connectivity index is 2.37. The first-order valence-corrected chi connectivity index (χ1v) is 8.61. The molecule has 0 saturated heterocycles. The number of rotatable bonds is 4. The minimum absolute atomic E-state index is 0.0417. The highest BCUT2D eigenvalue weighted by molar-refractivity contribution is 7.89. The van der Waals surface area contributed by atoms with Gasteiger partial charge in [0.15, 0.2) is 0 Å². The number of nitrogens with two attached hydrogens (primary N) is 1. The maximum absolute atomic E-state index is 12.5. The maximum atomic E-state index is 12.5. The summed E-state index contributed by atoms with van der Waals surface area (Å²) < 4.78 is 26.3. The zero-order valence-corrected chi connectivity index (χ0v) is 13.5. The van der Waals surface area contributed by atoms with E-state index in [0.717, 1.165) is 11.1 Å². The summed E-state index contributed by atoms with van der Waals surface area (Å²) in [6.07, 6.45) is 0. The molecule has 0 spiro atoms. The summed E-state index contributed by atoms with van der Waals surface area (Å²) in [5.74, 6) is 0. The van der Waals surface area contributed by atoms with E-state index in [1.165, 1.54) is 28.8 Å². The number of nitrogen functional groups attached to an aromatic ring is 1. The molecule has 2 N–H and O–H groups in total. The fourth-order valence-electron chi connectivity index (χ4n) is 1.76. The number of hydrogen-bond donors (Lipinski definition) is 1. The third kappa shape index (κ3) is 2.98.